The van der Waals surface area contributed by atoms with E-state index in [-0.39, 0.29) is 5.82 Å². The van der Waals surface area contributed by atoms with Crippen LogP contribution in [0.25, 0.3) is 0 Å². The van der Waals surface area contributed by atoms with Crippen LogP contribution in [0.4, 0.5) is 8.78 Å². The molecule has 0 radical (unpaired) electrons. The molecule has 0 unspecified atom stereocenters. The van der Waals surface area contributed by atoms with E-state index in [0.29, 0.717) is 18.4 Å². The normalized spacial score (nSPS) is 20.2. The Morgan fingerprint density at radius 3 is 2.08 bits per heavy atom. The fourth-order valence-corrected chi connectivity index (χ4v) is 1.52. The van der Waals surface area contributed by atoms with Gasteiger partial charge in [-0.2, -0.15) is 0 Å². The summed E-state index contributed by atoms with van der Waals surface area (Å²) in [7, 11) is 0. The summed E-state index contributed by atoms with van der Waals surface area (Å²) in [6, 6.07) is 5.70. The Morgan fingerprint density at radius 1 is 1.08 bits per heavy atom. The molecule has 12 heavy (non-hydrogen) atoms. The van der Waals surface area contributed by atoms with Gasteiger partial charge in [-0.25, -0.2) is 8.78 Å². The van der Waals surface area contributed by atoms with E-state index in [1.165, 1.54) is 24.3 Å². The van der Waals surface area contributed by atoms with Crippen LogP contribution in [0.2, 0.25) is 0 Å². The lowest BCUT2D eigenvalue weighted by atomic mass is 9.77. The van der Waals surface area contributed by atoms with Crippen molar-refractivity contribution in [3.05, 3.63) is 35.6 Å². The van der Waals surface area contributed by atoms with E-state index in [2.05, 4.69) is 0 Å². The minimum absolute atomic E-state index is 0.304. The first kappa shape index (κ1) is 7.71. The fraction of sp³-hybridized carbons (Fsp3) is 0.400. The van der Waals surface area contributed by atoms with Crippen molar-refractivity contribution in [2.45, 2.75) is 24.9 Å². The second kappa shape index (κ2) is 2.54. The van der Waals surface area contributed by atoms with Crippen LogP contribution >= 0.6 is 0 Å². The Hall–Kier alpha value is -0.920. The van der Waals surface area contributed by atoms with Gasteiger partial charge in [0, 0.05) is 0 Å². The highest BCUT2D eigenvalue weighted by Crippen LogP contribution is 2.44. The zero-order valence-corrected chi connectivity index (χ0v) is 6.69. The van der Waals surface area contributed by atoms with E-state index < -0.39 is 5.67 Å². The first-order valence-electron chi connectivity index (χ1n) is 4.16. The summed E-state index contributed by atoms with van der Waals surface area (Å²) in [6.07, 6.45) is 2.10. The SMILES string of the molecule is Fc1ccc(C2(F)CCC2)cc1. The average Bonchev–Trinajstić information content (AvgIpc) is 2.02. The molecule has 0 bridgehead atoms. The van der Waals surface area contributed by atoms with Crippen molar-refractivity contribution < 1.29 is 8.78 Å². The van der Waals surface area contributed by atoms with Crippen LogP contribution in [0.3, 0.4) is 0 Å². The Morgan fingerprint density at radius 2 is 1.67 bits per heavy atom. The zero-order chi connectivity index (χ0) is 8.60. The van der Waals surface area contributed by atoms with Gasteiger partial charge in [0.15, 0.2) is 0 Å². The van der Waals surface area contributed by atoms with Gasteiger partial charge in [-0.3, -0.25) is 0 Å². The molecule has 1 saturated carbocycles. The van der Waals surface area contributed by atoms with Crippen LogP contribution in [0.1, 0.15) is 24.8 Å². The molecule has 1 aromatic rings. The lowest BCUT2D eigenvalue weighted by Gasteiger charge is -2.34. The summed E-state index contributed by atoms with van der Waals surface area (Å²) in [5.74, 6) is -0.304. The second-order valence-corrected chi connectivity index (χ2v) is 3.33. The van der Waals surface area contributed by atoms with Gasteiger partial charge in [-0.05, 0) is 37.0 Å². The highest BCUT2D eigenvalue weighted by molar-refractivity contribution is 5.25. The van der Waals surface area contributed by atoms with E-state index in [1.807, 2.05) is 0 Å². The smallest absolute Gasteiger partial charge is 0.136 e. The highest BCUT2D eigenvalue weighted by Gasteiger charge is 2.38. The van der Waals surface area contributed by atoms with Gasteiger partial charge in [0.25, 0.3) is 0 Å². The van der Waals surface area contributed by atoms with Gasteiger partial charge in [0.05, 0.1) is 0 Å². The van der Waals surface area contributed by atoms with Gasteiger partial charge < -0.3 is 0 Å². The minimum atomic E-state index is -1.16. The number of hydrogen-bond acceptors (Lipinski definition) is 0. The molecule has 0 aliphatic heterocycles. The van der Waals surface area contributed by atoms with Crippen LogP contribution in [-0.2, 0) is 5.67 Å². The van der Waals surface area contributed by atoms with Crippen LogP contribution in [0.15, 0.2) is 24.3 Å². The monoisotopic (exact) mass is 168 g/mol. The topological polar surface area (TPSA) is 0 Å². The van der Waals surface area contributed by atoms with Gasteiger partial charge in [-0.15, -0.1) is 0 Å². The standard InChI is InChI=1S/C10H10F2/c11-9-4-2-8(3-5-9)10(12)6-1-7-10/h2-5H,1,6-7H2. The summed E-state index contributed by atoms with van der Waals surface area (Å²) >= 11 is 0. The average molecular weight is 168 g/mol. The molecule has 1 aliphatic rings. The van der Waals surface area contributed by atoms with Gasteiger partial charge in [-0.1, -0.05) is 12.1 Å². The van der Waals surface area contributed by atoms with Crippen molar-refractivity contribution in [2.24, 2.45) is 0 Å². The molecule has 64 valence electrons. The quantitative estimate of drug-likeness (QED) is 0.604. The van der Waals surface area contributed by atoms with Crippen molar-refractivity contribution in [3.63, 3.8) is 0 Å². The molecule has 0 saturated heterocycles. The van der Waals surface area contributed by atoms with Crippen molar-refractivity contribution in [3.8, 4) is 0 Å². The Balaban J connectivity index is 2.28. The Bertz CT molecular complexity index is 272. The molecular formula is C10H10F2. The number of rotatable bonds is 1. The third-order valence-corrected chi connectivity index (χ3v) is 2.51. The van der Waals surface area contributed by atoms with Crippen molar-refractivity contribution in [1.29, 1.82) is 0 Å². The zero-order valence-electron chi connectivity index (χ0n) is 6.69. The predicted octanol–water partition coefficient (Wildman–Crippen LogP) is 3.17. The van der Waals surface area contributed by atoms with Crippen molar-refractivity contribution in [2.75, 3.05) is 0 Å². The van der Waals surface area contributed by atoms with E-state index in [4.69, 9.17) is 0 Å². The molecule has 0 atom stereocenters. The maximum absolute atomic E-state index is 13.6. The lowest BCUT2D eigenvalue weighted by molar-refractivity contribution is 0.0608. The van der Waals surface area contributed by atoms with E-state index >= 15 is 0 Å². The summed E-state index contributed by atoms with van der Waals surface area (Å²) in [4.78, 5) is 0. The molecule has 0 N–H and O–H groups in total. The summed E-state index contributed by atoms with van der Waals surface area (Å²) in [5.41, 5.74) is -0.539. The van der Waals surface area contributed by atoms with Crippen LogP contribution in [0.5, 0.6) is 0 Å². The third kappa shape index (κ3) is 1.11. The van der Waals surface area contributed by atoms with E-state index in [9.17, 15) is 8.78 Å². The molecule has 0 amide bonds. The molecule has 1 aliphatic carbocycles. The Labute approximate surface area is 70.2 Å². The first-order chi connectivity index (χ1) is 5.71. The summed E-state index contributed by atoms with van der Waals surface area (Å²) < 4.78 is 26.1. The molecule has 0 nitrogen and oxygen atoms in total. The van der Waals surface area contributed by atoms with Crippen LogP contribution in [-0.4, -0.2) is 0 Å². The van der Waals surface area contributed by atoms with Crippen LogP contribution in [0, 0.1) is 5.82 Å². The Kier molecular flexibility index (Phi) is 1.63. The van der Waals surface area contributed by atoms with Crippen molar-refractivity contribution >= 4 is 0 Å². The van der Waals surface area contributed by atoms with Gasteiger partial charge in [0.2, 0.25) is 0 Å². The molecular weight excluding hydrogens is 158 g/mol. The number of halogens is 2. The van der Waals surface area contributed by atoms with E-state index in [0.717, 1.165) is 6.42 Å². The maximum Gasteiger partial charge on any atom is 0.136 e. The largest absolute Gasteiger partial charge is 0.239 e. The molecule has 0 aromatic heterocycles. The maximum atomic E-state index is 13.6. The molecule has 0 spiro atoms. The van der Waals surface area contributed by atoms with Crippen LogP contribution < -0.4 is 0 Å². The van der Waals surface area contributed by atoms with E-state index in [1.54, 1.807) is 0 Å². The lowest BCUT2D eigenvalue weighted by Crippen LogP contribution is -2.28. The minimum Gasteiger partial charge on any atom is -0.239 e. The molecule has 0 heterocycles. The first-order valence-corrected chi connectivity index (χ1v) is 4.16. The molecule has 2 heteroatoms. The number of hydrogen-bond donors (Lipinski definition) is 0. The fourth-order valence-electron chi connectivity index (χ4n) is 1.52. The van der Waals surface area contributed by atoms with Gasteiger partial charge in [0.1, 0.15) is 11.5 Å². The number of alkyl halides is 1. The third-order valence-electron chi connectivity index (χ3n) is 2.51. The molecule has 2 rings (SSSR count). The number of benzene rings is 1. The second-order valence-electron chi connectivity index (χ2n) is 3.33. The predicted molar refractivity (Wildman–Crippen MR) is 43.0 cm³/mol. The molecule has 1 fully saturated rings. The van der Waals surface area contributed by atoms with Gasteiger partial charge >= 0.3 is 0 Å². The summed E-state index contributed by atoms with van der Waals surface area (Å²) in [6.45, 7) is 0. The molecule has 1 aromatic carbocycles. The summed E-state index contributed by atoms with van der Waals surface area (Å²) in [5, 5.41) is 0. The van der Waals surface area contributed by atoms with Crippen molar-refractivity contribution in [1.82, 2.24) is 0 Å². The highest BCUT2D eigenvalue weighted by atomic mass is 19.1.